The molecule has 9 aromatic carbocycles. The van der Waals surface area contributed by atoms with Crippen LogP contribution in [0.15, 0.2) is 140 Å². The maximum absolute atomic E-state index is 2.37. The van der Waals surface area contributed by atoms with Crippen molar-refractivity contribution >= 4 is 136 Å². The van der Waals surface area contributed by atoms with Crippen LogP contribution in [0.4, 0.5) is 0 Å². The summed E-state index contributed by atoms with van der Waals surface area (Å²) in [6.45, 7) is 0. The van der Waals surface area contributed by atoms with Gasteiger partial charge in [0.25, 0.3) is 0 Å². The smallest absolute Gasteiger partial charge is 0.101 e. The van der Waals surface area contributed by atoms with Gasteiger partial charge in [-0.2, -0.15) is 0 Å². The molecular formula is C46H37B7. The third-order valence-corrected chi connectivity index (χ3v) is 12.4. The topological polar surface area (TPSA) is 0 Å². The van der Waals surface area contributed by atoms with E-state index >= 15 is 0 Å². The van der Waals surface area contributed by atoms with Crippen LogP contribution >= 0.6 is 0 Å². The lowest BCUT2D eigenvalue weighted by molar-refractivity contribution is 1.63. The molecule has 0 fully saturated rings. The summed E-state index contributed by atoms with van der Waals surface area (Å²) >= 11 is 0. The summed E-state index contributed by atoms with van der Waals surface area (Å²) in [6.07, 6.45) is 0. The fraction of sp³-hybridized carbons (Fsp3) is 0. The third kappa shape index (κ3) is 5.16. The van der Waals surface area contributed by atoms with Crippen LogP contribution in [0.5, 0.6) is 0 Å². The van der Waals surface area contributed by atoms with Crippen LogP contribution in [0.2, 0.25) is 0 Å². The molecule has 0 aliphatic carbocycles. The average Bonchev–Trinajstić information content (AvgIpc) is 3.20. The van der Waals surface area contributed by atoms with E-state index in [1.54, 1.807) is 0 Å². The number of fused-ring (bicyclic) bond motifs is 4. The zero-order valence-electron chi connectivity index (χ0n) is 31.8. The molecule has 0 heterocycles. The molecule has 53 heavy (non-hydrogen) atoms. The van der Waals surface area contributed by atoms with Crippen LogP contribution in [0.3, 0.4) is 0 Å². The number of benzene rings is 9. The van der Waals surface area contributed by atoms with Gasteiger partial charge in [-0.05, 0) is 93.7 Å². The van der Waals surface area contributed by atoms with Gasteiger partial charge in [-0.25, -0.2) is 0 Å². The molecule has 9 aromatic rings. The molecule has 0 nitrogen and oxygen atoms in total. The fourth-order valence-corrected chi connectivity index (χ4v) is 9.21. The Hall–Kier alpha value is -5.53. The maximum Gasteiger partial charge on any atom is 0.140 e. The van der Waals surface area contributed by atoms with Gasteiger partial charge in [0.1, 0.15) is 54.9 Å². The van der Waals surface area contributed by atoms with E-state index in [0.717, 1.165) is 0 Å². The first-order chi connectivity index (χ1) is 25.7. The van der Waals surface area contributed by atoms with E-state index in [9.17, 15) is 0 Å². The Balaban J connectivity index is 1.47. The van der Waals surface area contributed by atoms with E-state index < -0.39 is 0 Å². The highest BCUT2D eigenvalue weighted by molar-refractivity contribution is 6.69. The lowest BCUT2D eigenvalue weighted by Gasteiger charge is -2.29. The summed E-state index contributed by atoms with van der Waals surface area (Å²) < 4.78 is 0. The number of hydrogen-bond donors (Lipinski definition) is 0. The summed E-state index contributed by atoms with van der Waals surface area (Å²) in [7, 11) is 16.4. The SMILES string of the molecule is Bc1c(B)c(B)c2c(-c3cccc4ccccc34)c3c(B)c(B)c(-c4ccccc4)c(B)c3c(-c3ccc(-c4ccc5ccccc5c4)cc3)c2c1B. The van der Waals surface area contributed by atoms with Gasteiger partial charge in [0.2, 0.25) is 0 Å². The second-order valence-electron chi connectivity index (χ2n) is 15.0. The molecule has 0 amide bonds. The molecule has 0 aliphatic heterocycles. The van der Waals surface area contributed by atoms with Crippen LogP contribution in [-0.2, 0) is 0 Å². The highest BCUT2D eigenvalue weighted by atomic mass is 14.3. The van der Waals surface area contributed by atoms with Crippen molar-refractivity contribution in [3.8, 4) is 44.5 Å². The molecule has 0 atom stereocenters. The van der Waals surface area contributed by atoms with Gasteiger partial charge in [-0.1, -0.05) is 161 Å². The number of hydrogen-bond acceptors (Lipinski definition) is 0. The normalized spacial score (nSPS) is 11.5. The zero-order valence-corrected chi connectivity index (χ0v) is 31.8. The minimum atomic E-state index is 1.23. The predicted molar refractivity (Wildman–Crippen MR) is 255 cm³/mol. The maximum atomic E-state index is 2.37. The summed E-state index contributed by atoms with van der Waals surface area (Å²) in [4.78, 5) is 0. The van der Waals surface area contributed by atoms with Crippen LogP contribution in [-0.4, -0.2) is 54.9 Å². The van der Waals surface area contributed by atoms with Crippen molar-refractivity contribution in [3.63, 3.8) is 0 Å². The lowest BCUT2D eigenvalue weighted by atomic mass is 9.60. The Morgan fingerprint density at radius 1 is 0.264 bits per heavy atom. The van der Waals surface area contributed by atoms with Crippen molar-refractivity contribution in [2.75, 3.05) is 0 Å². The highest BCUT2D eigenvalue weighted by Gasteiger charge is 2.26. The molecule has 0 saturated carbocycles. The van der Waals surface area contributed by atoms with E-state index in [0.29, 0.717) is 0 Å². The Bertz CT molecular complexity index is 2950. The van der Waals surface area contributed by atoms with E-state index in [1.165, 1.54) is 126 Å². The summed E-state index contributed by atoms with van der Waals surface area (Å²) in [6, 6.07) is 51.6. The molecule has 0 bridgehead atoms. The highest BCUT2D eigenvalue weighted by Crippen LogP contribution is 2.43. The molecule has 0 N–H and O–H groups in total. The summed E-state index contributed by atoms with van der Waals surface area (Å²) in [5.41, 5.74) is 19.8. The summed E-state index contributed by atoms with van der Waals surface area (Å²) in [5.74, 6) is 0. The quantitative estimate of drug-likeness (QED) is 0.193. The lowest BCUT2D eigenvalue weighted by Crippen LogP contribution is -2.48. The Morgan fingerprint density at radius 2 is 0.755 bits per heavy atom. The van der Waals surface area contributed by atoms with Gasteiger partial charge in [-0.15, -0.1) is 10.9 Å². The second-order valence-corrected chi connectivity index (χ2v) is 15.0. The fourth-order valence-electron chi connectivity index (χ4n) is 9.21. The molecule has 0 aliphatic rings. The first-order valence-electron chi connectivity index (χ1n) is 18.9. The molecule has 0 aromatic heterocycles. The molecule has 0 spiro atoms. The molecule has 242 valence electrons. The van der Waals surface area contributed by atoms with Crippen molar-refractivity contribution in [2.45, 2.75) is 0 Å². The molecule has 0 saturated heterocycles. The van der Waals surface area contributed by atoms with Crippen molar-refractivity contribution in [1.29, 1.82) is 0 Å². The molecular weight excluding hydrogens is 628 g/mol. The second kappa shape index (κ2) is 12.9. The molecule has 7 heteroatoms. The van der Waals surface area contributed by atoms with Gasteiger partial charge in [0, 0.05) is 0 Å². The van der Waals surface area contributed by atoms with Crippen molar-refractivity contribution < 1.29 is 0 Å². The summed E-state index contributed by atoms with van der Waals surface area (Å²) in [5, 5.41) is 10.6. The molecule has 0 radical (unpaired) electrons. The Labute approximate surface area is 318 Å². The monoisotopic (exact) mass is 666 g/mol. The van der Waals surface area contributed by atoms with Gasteiger partial charge in [-0.3, -0.25) is 0 Å². The average molecular weight is 665 g/mol. The van der Waals surface area contributed by atoms with Crippen LogP contribution < -0.4 is 38.2 Å². The van der Waals surface area contributed by atoms with Crippen LogP contribution in [0, 0.1) is 0 Å². The Morgan fingerprint density at radius 3 is 1.45 bits per heavy atom. The first-order valence-corrected chi connectivity index (χ1v) is 18.9. The van der Waals surface area contributed by atoms with Crippen LogP contribution in [0.25, 0.3) is 87.6 Å². The van der Waals surface area contributed by atoms with E-state index in [4.69, 9.17) is 0 Å². The van der Waals surface area contributed by atoms with Crippen molar-refractivity contribution in [1.82, 2.24) is 0 Å². The number of rotatable bonds is 4. The van der Waals surface area contributed by atoms with Gasteiger partial charge in [0.15, 0.2) is 0 Å². The van der Waals surface area contributed by atoms with Crippen LogP contribution in [0.1, 0.15) is 0 Å². The Kier molecular flexibility index (Phi) is 8.08. The third-order valence-electron chi connectivity index (χ3n) is 12.4. The van der Waals surface area contributed by atoms with Crippen molar-refractivity contribution in [3.05, 3.63) is 140 Å². The first kappa shape index (κ1) is 33.3. The van der Waals surface area contributed by atoms with Gasteiger partial charge in [0.05, 0.1) is 0 Å². The van der Waals surface area contributed by atoms with Gasteiger partial charge >= 0.3 is 0 Å². The van der Waals surface area contributed by atoms with E-state index in [2.05, 4.69) is 194 Å². The van der Waals surface area contributed by atoms with E-state index in [1.807, 2.05) is 0 Å². The minimum absolute atomic E-state index is 1.23. The van der Waals surface area contributed by atoms with Gasteiger partial charge < -0.3 is 0 Å². The standard InChI is InChI=1S/C46H37B7/c47-40-34(27-11-2-1-3-12-27)41(48)42(49)38-35(32-16-8-14-26-10-6-7-15-31(26)32)39-37(43(50)45(52)46(53)44(39)51)33(36(38)40)28-20-17-25(18-21-28)30-22-19-24-9-4-5-13-29(24)23-30/h1-23H,47-53H2. The zero-order chi connectivity index (χ0) is 36.5. The minimum Gasteiger partial charge on any atom is -0.101 e. The largest absolute Gasteiger partial charge is 0.140 e. The molecule has 9 rings (SSSR count). The molecule has 0 unspecified atom stereocenters. The van der Waals surface area contributed by atoms with Crippen molar-refractivity contribution in [2.24, 2.45) is 0 Å². The van der Waals surface area contributed by atoms with E-state index in [-0.39, 0.29) is 0 Å². The predicted octanol–water partition coefficient (Wildman–Crippen LogP) is 0.776.